The summed E-state index contributed by atoms with van der Waals surface area (Å²) in [5.41, 5.74) is -0.434. The smallest absolute Gasteiger partial charge is 0.313 e. The van der Waals surface area contributed by atoms with E-state index in [1.165, 1.54) is 31.4 Å². The number of nitrogens with zero attached hydrogens (tertiary/aromatic N) is 4. The lowest BCUT2D eigenvalue weighted by molar-refractivity contribution is -0.149. The summed E-state index contributed by atoms with van der Waals surface area (Å²) < 4.78 is 22.2. The first-order valence-electron chi connectivity index (χ1n) is 28.6. The van der Waals surface area contributed by atoms with Crippen LogP contribution in [0.1, 0.15) is 162 Å². The van der Waals surface area contributed by atoms with Gasteiger partial charge in [-0.2, -0.15) is 0 Å². The van der Waals surface area contributed by atoms with E-state index in [0.29, 0.717) is 25.2 Å². The van der Waals surface area contributed by atoms with Crippen LogP contribution in [-0.2, 0) is 63.8 Å². The molecule has 0 spiro atoms. The Hall–Kier alpha value is -6.63. The number of esters is 2. The lowest BCUT2D eigenvalue weighted by Gasteiger charge is -2.44. The lowest BCUT2D eigenvalue weighted by atomic mass is 9.91. The molecule has 0 bridgehead atoms. The summed E-state index contributed by atoms with van der Waals surface area (Å²) in [4.78, 5) is 140. The van der Waals surface area contributed by atoms with Gasteiger partial charge in [-0.15, -0.1) is 11.3 Å². The number of carbonyl (C=O) groups is 10. The van der Waals surface area contributed by atoms with Gasteiger partial charge in [0.2, 0.25) is 23.6 Å². The number of anilines is 1. The third kappa shape index (κ3) is 22.5. The maximum Gasteiger partial charge on any atom is 0.313 e. The molecule has 0 saturated heterocycles. The summed E-state index contributed by atoms with van der Waals surface area (Å²) >= 11 is 1.07. The van der Waals surface area contributed by atoms with E-state index in [1.807, 2.05) is 76.2 Å². The largest absolute Gasteiger partial charge is 0.481 e. The Kier molecular flexibility index (Phi) is 29.1. The Balaban J connectivity index is 1.88. The summed E-state index contributed by atoms with van der Waals surface area (Å²) in [6.07, 6.45) is 1.95. The molecule has 23 nitrogen and oxygen atoms in total. The number of thiazole rings is 1. The average molecular weight is 1180 g/mol. The molecule has 7 amide bonds. The number of benzene rings is 1. The molecule has 6 atom stereocenters. The van der Waals surface area contributed by atoms with Crippen molar-refractivity contribution in [3.63, 3.8) is 0 Å². The van der Waals surface area contributed by atoms with Crippen molar-refractivity contribution < 1.29 is 72.0 Å². The van der Waals surface area contributed by atoms with E-state index in [1.54, 1.807) is 18.0 Å². The predicted molar refractivity (Wildman–Crippen MR) is 312 cm³/mol. The second-order valence-electron chi connectivity index (χ2n) is 22.3. The van der Waals surface area contributed by atoms with Crippen molar-refractivity contribution in [3.05, 3.63) is 52.0 Å². The third-order valence-electron chi connectivity index (χ3n) is 14.3. The quantitative estimate of drug-likeness (QED) is 0.0224. The number of likely N-dealkylation sites (N-methyl/N-ethyl adjacent to an activating group) is 1. The zero-order valence-corrected chi connectivity index (χ0v) is 51.7. The van der Waals surface area contributed by atoms with Crippen molar-refractivity contribution in [3.8, 4) is 5.75 Å². The number of carboxylic acids is 1. The molecule has 5 N–H and O–H groups in total. The Morgan fingerprint density at radius 1 is 0.831 bits per heavy atom. The molecular weight excluding hydrogens is 1090 g/mol. The van der Waals surface area contributed by atoms with E-state index in [4.69, 9.17) is 18.9 Å². The van der Waals surface area contributed by atoms with Crippen LogP contribution in [0.15, 0.2) is 35.7 Å². The molecule has 83 heavy (non-hydrogen) atoms. The van der Waals surface area contributed by atoms with Crippen molar-refractivity contribution in [1.29, 1.82) is 0 Å². The number of rotatable bonds is 37. The van der Waals surface area contributed by atoms with Gasteiger partial charge in [0.05, 0.1) is 43.4 Å². The van der Waals surface area contributed by atoms with Crippen LogP contribution < -0.4 is 26.0 Å². The van der Waals surface area contributed by atoms with Crippen molar-refractivity contribution in [2.75, 3.05) is 51.9 Å². The number of carbonyl (C=O) groups excluding carboxylic acids is 9. The Bertz CT molecular complexity index is 2560. The van der Waals surface area contributed by atoms with Crippen molar-refractivity contribution >= 4 is 76.3 Å². The fourth-order valence-electron chi connectivity index (χ4n) is 9.93. The number of imide groups is 1. The van der Waals surface area contributed by atoms with Crippen LogP contribution in [0.4, 0.5) is 5.69 Å². The molecule has 0 unspecified atom stereocenters. The molecule has 0 fully saturated rings. The topological polar surface area (TPSA) is 299 Å². The van der Waals surface area contributed by atoms with E-state index < -0.39 is 77.2 Å². The standard InChI is InChI=1S/C59H90N8O15S/c1-15-38(9)53(64-58(78)59(12,13)67(36(5)6)37(7)8)56(75)65(14)45(35(3)4)33-47(81-40(11)68)55-63-44(34-83-55)54(74)61-42(30-39(10)57(76)77)31-41-19-20-46(82-52(73)24-28-80-29-25-60-48(69)23-27-79-16-2)43(32-41)62-49(70)18-17-26-66-50(71)21-22-51(66)72/h19-22,32,34-39,42,45,47,53H,15-18,23-31,33H2,1-14H3,(H,60,69)(H,61,74)(H,62,70)(H,64,78)(H,76,77)/t38-,39+,42+,45+,47+,53-/m0/s1. The summed E-state index contributed by atoms with van der Waals surface area (Å²) in [5.74, 6) is -6.82. The first-order chi connectivity index (χ1) is 39.0. The van der Waals surface area contributed by atoms with E-state index >= 15 is 0 Å². The number of ether oxygens (including phenoxy) is 4. The first kappa shape index (κ1) is 70.6. The Labute approximate surface area is 492 Å². The fourth-order valence-corrected chi connectivity index (χ4v) is 10.8. The van der Waals surface area contributed by atoms with Crippen LogP contribution in [-0.4, -0.2) is 166 Å². The van der Waals surface area contributed by atoms with Gasteiger partial charge in [-0.1, -0.05) is 47.1 Å². The molecule has 0 saturated carbocycles. The predicted octanol–water partition coefficient (Wildman–Crippen LogP) is 6.00. The van der Waals surface area contributed by atoms with Crippen LogP contribution in [0.25, 0.3) is 0 Å². The van der Waals surface area contributed by atoms with E-state index in [0.717, 1.165) is 28.4 Å². The van der Waals surface area contributed by atoms with Gasteiger partial charge in [-0.25, -0.2) is 4.98 Å². The van der Waals surface area contributed by atoms with Gasteiger partial charge >= 0.3 is 17.9 Å². The van der Waals surface area contributed by atoms with Crippen LogP contribution in [0, 0.1) is 17.8 Å². The van der Waals surface area contributed by atoms with Crippen LogP contribution in [0.5, 0.6) is 5.75 Å². The minimum atomic E-state index is -1.12. The molecule has 1 aliphatic rings. The second-order valence-corrected chi connectivity index (χ2v) is 23.2. The lowest BCUT2D eigenvalue weighted by Crippen LogP contribution is -2.63. The molecule has 1 aromatic heterocycles. The van der Waals surface area contributed by atoms with E-state index in [2.05, 4.69) is 31.2 Å². The molecule has 462 valence electrons. The summed E-state index contributed by atoms with van der Waals surface area (Å²) in [6.45, 7) is 25.1. The number of aromatic nitrogens is 1. The zero-order valence-electron chi connectivity index (χ0n) is 50.9. The molecule has 2 aromatic rings. The maximum atomic E-state index is 14.6. The SMILES string of the molecule is CCOCCC(=O)NCCOCCC(=O)Oc1ccc(C[C@@H](C[C@@H](C)C(=O)O)NC(=O)c2csc([C@@H](C[C@H](C(C)C)N(C)C(=O)[C@@H](NC(=O)C(C)(C)N(C(C)C)C(C)C)[C@@H](C)CC)OC(C)=O)n2)cc1NC(=O)CCCN1C(=O)C=CC1=O. The molecule has 3 rings (SSSR count). The molecule has 0 aliphatic carbocycles. The van der Waals surface area contributed by atoms with Gasteiger partial charge < -0.3 is 50.2 Å². The minimum Gasteiger partial charge on any atom is -0.481 e. The number of hydrogen-bond acceptors (Lipinski definition) is 17. The fraction of sp³-hybridized carbons (Fsp3) is 0.644. The monoisotopic (exact) mass is 1180 g/mol. The van der Waals surface area contributed by atoms with Gasteiger partial charge in [0.15, 0.2) is 11.9 Å². The Morgan fingerprint density at radius 2 is 1.48 bits per heavy atom. The van der Waals surface area contributed by atoms with Gasteiger partial charge in [-0.3, -0.25) is 57.7 Å². The van der Waals surface area contributed by atoms with E-state index in [-0.39, 0.29) is 135 Å². The average Bonchev–Trinajstić information content (AvgIpc) is 4.04. The van der Waals surface area contributed by atoms with Gasteiger partial charge in [0.25, 0.3) is 17.7 Å². The molecular formula is C59H90N8O15S. The van der Waals surface area contributed by atoms with Crippen LogP contribution >= 0.6 is 11.3 Å². The number of hydrogen-bond donors (Lipinski definition) is 5. The molecule has 2 heterocycles. The summed E-state index contributed by atoms with van der Waals surface area (Å²) in [6, 6.07) is 2.40. The number of carboxylic acid groups (broad SMARTS) is 1. The molecule has 0 radical (unpaired) electrons. The normalized spacial score (nSPS) is 14.7. The highest BCUT2D eigenvalue weighted by Crippen LogP contribution is 2.33. The first-order valence-corrected chi connectivity index (χ1v) is 29.5. The maximum absolute atomic E-state index is 14.6. The molecule has 1 aliphatic heterocycles. The van der Waals surface area contributed by atoms with Gasteiger partial charge in [-0.05, 0) is 97.3 Å². The highest BCUT2D eigenvalue weighted by Gasteiger charge is 2.42. The van der Waals surface area contributed by atoms with Crippen molar-refractivity contribution in [2.24, 2.45) is 17.8 Å². The summed E-state index contributed by atoms with van der Waals surface area (Å²) in [7, 11) is 1.66. The second kappa shape index (κ2) is 34.2. The van der Waals surface area contributed by atoms with E-state index in [9.17, 15) is 53.1 Å². The number of nitrogens with one attached hydrogen (secondary N) is 4. The highest BCUT2D eigenvalue weighted by molar-refractivity contribution is 7.09. The van der Waals surface area contributed by atoms with Crippen molar-refractivity contribution in [2.45, 2.75) is 183 Å². The number of aliphatic carboxylic acids is 1. The van der Waals surface area contributed by atoms with Crippen LogP contribution in [0.2, 0.25) is 0 Å². The van der Waals surface area contributed by atoms with Gasteiger partial charge in [0.1, 0.15) is 16.7 Å². The number of amides is 7. The summed E-state index contributed by atoms with van der Waals surface area (Å²) in [5, 5.41) is 23.2. The highest BCUT2D eigenvalue weighted by atomic mass is 32.1. The third-order valence-corrected chi connectivity index (χ3v) is 15.2. The van der Waals surface area contributed by atoms with Crippen molar-refractivity contribution in [1.82, 2.24) is 35.6 Å². The minimum absolute atomic E-state index is 0.0155. The molecule has 24 heteroatoms. The zero-order chi connectivity index (χ0) is 62.3. The van der Waals surface area contributed by atoms with Gasteiger partial charge in [0, 0.05) is 94.6 Å². The molecule has 1 aromatic carbocycles. The van der Waals surface area contributed by atoms with Crippen LogP contribution in [0.3, 0.4) is 0 Å². The Morgan fingerprint density at radius 3 is 2.07 bits per heavy atom.